The monoisotopic (exact) mass is 271 g/mol. The van der Waals surface area contributed by atoms with Gasteiger partial charge in [0, 0.05) is 13.2 Å². The van der Waals surface area contributed by atoms with Gasteiger partial charge in [0.15, 0.2) is 17.3 Å². The summed E-state index contributed by atoms with van der Waals surface area (Å²) in [5.41, 5.74) is 1.09. The maximum atomic E-state index is 13.4. The predicted molar refractivity (Wildman–Crippen MR) is 74.1 cm³/mol. The quantitative estimate of drug-likeness (QED) is 0.838. The van der Waals surface area contributed by atoms with Gasteiger partial charge >= 0.3 is 0 Å². The zero-order valence-corrected chi connectivity index (χ0v) is 11.1. The Labute approximate surface area is 117 Å². The van der Waals surface area contributed by atoms with E-state index in [0.717, 1.165) is 5.69 Å². The second kappa shape index (κ2) is 6.53. The van der Waals surface area contributed by atoms with Crippen molar-refractivity contribution >= 4 is 5.69 Å². The number of rotatable bonds is 5. The minimum Gasteiger partial charge on any atom is -0.489 e. The summed E-state index contributed by atoms with van der Waals surface area (Å²) in [7, 11) is 1.84. The zero-order chi connectivity index (χ0) is 14.4. The lowest BCUT2D eigenvalue weighted by Gasteiger charge is -2.20. The molecule has 1 aromatic heterocycles. The second-order valence-electron chi connectivity index (χ2n) is 4.18. The van der Waals surface area contributed by atoms with E-state index in [1.54, 1.807) is 30.5 Å². The van der Waals surface area contributed by atoms with Crippen LogP contribution in [0.5, 0.6) is 5.75 Å². The van der Waals surface area contributed by atoms with E-state index in [1.807, 2.05) is 24.1 Å². The first-order chi connectivity index (χ1) is 9.72. The largest absolute Gasteiger partial charge is 0.489 e. The minimum absolute atomic E-state index is 0.229. The smallest absolute Gasteiger partial charge is 0.165 e. The SMILES string of the molecule is CN(CCOc1ccccc1F)c1cccnc1C#N. The number of hydrogen-bond donors (Lipinski definition) is 0. The molecule has 0 saturated heterocycles. The average molecular weight is 271 g/mol. The van der Waals surface area contributed by atoms with Crippen LogP contribution in [0.1, 0.15) is 5.69 Å². The lowest BCUT2D eigenvalue weighted by atomic mass is 10.3. The van der Waals surface area contributed by atoms with Crippen LogP contribution in [0.4, 0.5) is 10.1 Å². The van der Waals surface area contributed by atoms with Crippen molar-refractivity contribution < 1.29 is 9.13 Å². The molecule has 0 aliphatic heterocycles. The standard InChI is InChI=1S/C15H14FN3O/c1-19(14-6-4-8-18-13(14)11-17)9-10-20-15-7-3-2-5-12(15)16/h2-8H,9-10H2,1H3. The van der Waals surface area contributed by atoms with Gasteiger partial charge in [-0.3, -0.25) is 0 Å². The van der Waals surface area contributed by atoms with Crippen LogP contribution in [0.2, 0.25) is 0 Å². The normalized spacial score (nSPS) is 9.85. The molecule has 2 rings (SSSR count). The topological polar surface area (TPSA) is 49.1 Å². The molecule has 0 amide bonds. The molecule has 0 spiro atoms. The van der Waals surface area contributed by atoms with Crippen molar-refractivity contribution in [1.82, 2.24) is 4.98 Å². The fraction of sp³-hybridized carbons (Fsp3) is 0.200. The summed E-state index contributed by atoms with van der Waals surface area (Å²) in [5, 5.41) is 8.99. The van der Waals surface area contributed by atoms with Gasteiger partial charge in [0.2, 0.25) is 0 Å². The molecule has 1 heterocycles. The lowest BCUT2D eigenvalue weighted by molar-refractivity contribution is 0.309. The predicted octanol–water partition coefficient (Wildman–Crippen LogP) is 2.61. The van der Waals surface area contributed by atoms with Gasteiger partial charge in [-0.2, -0.15) is 5.26 Å². The molecular formula is C15H14FN3O. The number of pyridine rings is 1. The fourth-order valence-corrected chi connectivity index (χ4v) is 1.77. The highest BCUT2D eigenvalue weighted by Gasteiger charge is 2.08. The Balaban J connectivity index is 1.95. The van der Waals surface area contributed by atoms with Crippen LogP contribution in [0.25, 0.3) is 0 Å². The highest BCUT2D eigenvalue weighted by Crippen LogP contribution is 2.17. The van der Waals surface area contributed by atoms with E-state index in [9.17, 15) is 4.39 Å². The van der Waals surface area contributed by atoms with E-state index in [1.165, 1.54) is 6.07 Å². The summed E-state index contributed by atoms with van der Waals surface area (Å²) in [5.74, 6) is -0.151. The summed E-state index contributed by atoms with van der Waals surface area (Å²) < 4.78 is 18.7. The van der Waals surface area contributed by atoms with Gasteiger partial charge < -0.3 is 9.64 Å². The number of para-hydroxylation sites is 1. The number of benzene rings is 1. The number of likely N-dealkylation sites (N-methyl/N-ethyl adjacent to an activating group) is 1. The molecule has 1 aromatic carbocycles. The van der Waals surface area contributed by atoms with Crippen LogP contribution in [0.3, 0.4) is 0 Å². The van der Waals surface area contributed by atoms with Crippen LogP contribution in [-0.4, -0.2) is 25.2 Å². The third-order valence-electron chi connectivity index (χ3n) is 2.82. The molecule has 0 unspecified atom stereocenters. The molecule has 5 heteroatoms. The van der Waals surface area contributed by atoms with Crippen molar-refractivity contribution in [2.24, 2.45) is 0 Å². The first-order valence-electron chi connectivity index (χ1n) is 6.16. The van der Waals surface area contributed by atoms with Crippen LogP contribution in [-0.2, 0) is 0 Å². The van der Waals surface area contributed by atoms with Crippen molar-refractivity contribution in [3.63, 3.8) is 0 Å². The molecule has 0 atom stereocenters. The molecule has 0 N–H and O–H groups in total. The molecule has 0 saturated carbocycles. The van der Waals surface area contributed by atoms with Crippen molar-refractivity contribution in [2.45, 2.75) is 0 Å². The number of halogens is 1. The summed E-state index contributed by atoms with van der Waals surface area (Å²) in [6, 6.07) is 11.9. The van der Waals surface area contributed by atoms with Gasteiger partial charge in [-0.1, -0.05) is 12.1 Å². The first-order valence-corrected chi connectivity index (χ1v) is 6.16. The average Bonchev–Trinajstić information content (AvgIpc) is 2.49. The molecule has 0 aliphatic carbocycles. The van der Waals surface area contributed by atoms with Crippen LogP contribution >= 0.6 is 0 Å². The van der Waals surface area contributed by atoms with E-state index < -0.39 is 0 Å². The van der Waals surface area contributed by atoms with Gasteiger partial charge in [0.05, 0.1) is 12.2 Å². The fourth-order valence-electron chi connectivity index (χ4n) is 1.77. The number of nitriles is 1. The van der Waals surface area contributed by atoms with Crippen molar-refractivity contribution in [3.8, 4) is 11.8 Å². The summed E-state index contributed by atoms with van der Waals surface area (Å²) in [4.78, 5) is 5.85. The molecule has 0 fully saturated rings. The lowest BCUT2D eigenvalue weighted by Crippen LogP contribution is -2.24. The third kappa shape index (κ3) is 3.23. The van der Waals surface area contributed by atoms with Gasteiger partial charge in [-0.25, -0.2) is 9.37 Å². The van der Waals surface area contributed by atoms with Crippen LogP contribution < -0.4 is 9.64 Å². The molecule has 20 heavy (non-hydrogen) atoms. The maximum Gasteiger partial charge on any atom is 0.165 e. The summed E-state index contributed by atoms with van der Waals surface area (Å²) in [6.45, 7) is 0.839. The Morgan fingerprint density at radius 3 is 2.85 bits per heavy atom. The molecule has 102 valence electrons. The van der Waals surface area contributed by atoms with Crippen molar-refractivity contribution in [1.29, 1.82) is 5.26 Å². The van der Waals surface area contributed by atoms with Crippen LogP contribution in [0, 0.1) is 17.1 Å². The molecule has 2 aromatic rings. The highest BCUT2D eigenvalue weighted by molar-refractivity contribution is 5.54. The van der Waals surface area contributed by atoms with Crippen molar-refractivity contribution in [2.75, 3.05) is 25.1 Å². The van der Waals surface area contributed by atoms with E-state index in [4.69, 9.17) is 10.00 Å². The molecule has 4 nitrogen and oxygen atoms in total. The number of ether oxygens (including phenoxy) is 1. The minimum atomic E-state index is -0.380. The van der Waals surface area contributed by atoms with E-state index in [0.29, 0.717) is 18.8 Å². The number of nitrogens with zero attached hydrogens (tertiary/aromatic N) is 3. The summed E-state index contributed by atoms with van der Waals surface area (Å²) in [6.07, 6.45) is 1.58. The highest BCUT2D eigenvalue weighted by atomic mass is 19.1. The van der Waals surface area contributed by atoms with Gasteiger partial charge in [-0.05, 0) is 24.3 Å². The maximum absolute atomic E-state index is 13.4. The zero-order valence-electron chi connectivity index (χ0n) is 11.1. The summed E-state index contributed by atoms with van der Waals surface area (Å²) >= 11 is 0. The number of anilines is 1. The molecule has 0 aliphatic rings. The van der Waals surface area contributed by atoms with Crippen LogP contribution in [0.15, 0.2) is 42.6 Å². The first kappa shape index (κ1) is 13.8. The molecular weight excluding hydrogens is 257 g/mol. The number of aromatic nitrogens is 1. The van der Waals surface area contributed by atoms with E-state index in [-0.39, 0.29) is 11.6 Å². The van der Waals surface area contributed by atoms with Gasteiger partial charge in [0.1, 0.15) is 12.7 Å². The molecule has 0 bridgehead atoms. The van der Waals surface area contributed by atoms with Crippen molar-refractivity contribution in [3.05, 3.63) is 54.1 Å². The van der Waals surface area contributed by atoms with Gasteiger partial charge in [0.25, 0.3) is 0 Å². The third-order valence-corrected chi connectivity index (χ3v) is 2.82. The number of hydrogen-bond acceptors (Lipinski definition) is 4. The van der Waals surface area contributed by atoms with Gasteiger partial charge in [-0.15, -0.1) is 0 Å². The second-order valence-corrected chi connectivity index (χ2v) is 4.18. The van der Waals surface area contributed by atoms with E-state index >= 15 is 0 Å². The van der Waals surface area contributed by atoms with E-state index in [2.05, 4.69) is 4.98 Å². The Morgan fingerprint density at radius 2 is 2.10 bits per heavy atom. The Kier molecular flexibility index (Phi) is 4.51. The molecule has 0 radical (unpaired) electrons. The Bertz CT molecular complexity index is 625. The Hall–Kier alpha value is -2.61. The Morgan fingerprint density at radius 1 is 1.30 bits per heavy atom.